The zero-order chi connectivity index (χ0) is 5.82. The first-order valence-corrected chi connectivity index (χ1v) is 3.48. The lowest BCUT2D eigenvalue weighted by Gasteiger charge is -1.87. The van der Waals surface area contributed by atoms with Crippen molar-refractivity contribution >= 4 is 20.8 Å². The van der Waals surface area contributed by atoms with Crippen LogP contribution >= 0.6 is 20.8 Å². The number of thiazole rings is 1. The first-order valence-electron chi connectivity index (χ1n) is 2.13. The normalized spacial score (nSPS) is 9.62. The topological polar surface area (TPSA) is 22.1 Å². The quantitative estimate of drug-likeness (QED) is 0.590. The van der Waals surface area contributed by atoms with Crippen LogP contribution in [0.2, 0.25) is 0 Å². The highest BCUT2D eigenvalue weighted by Gasteiger charge is 1.89. The monoisotopic (exact) mass is 147 g/mol. The second-order valence-electron chi connectivity index (χ2n) is 1.24. The van der Waals surface area contributed by atoms with Gasteiger partial charge in [0, 0.05) is 21.0 Å². The minimum Gasteiger partial charge on any atom is -0.359 e. The Morgan fingerprint density at radius 1 is 1.88 bits per heavy atom. The molecule has 0 spiro atoms. The van der Waals surface area contributed by atoms with Crippen LogP contribution < -0.4 is 0 Å². The van der Waals surface area contributed by atoms with Crippen molar-refractivity contribution in [2.24, 2.45) is 0 Å². The maximum Gasteiger partial charge on any atom is 0.119 e. The Bertz CT molecular complexity index is 142. The lowest BCUT2D eigenvalue weighted by molar-refractivity contribution is 0.361. The van der Waals surface area contributed by atoms with Gasteiger partial charge in [-0.2, -0.15) is 0 Å². The number of hydrogen-bond acceptors (Lipinski definition) is 3. The van der Waals surface area contributed by atoms with Gasteiger partial charge in [-0.25, -0.2) is 4.98 Å². The summed E-state index contributed by atoms with van der Waals surface area (Å²) in [5.74, 6) is 0. The average Bonchev–Trinajstić information content (AvgIpc) is 2.19. The Morgan fingerprint density at radius 3 is 3.25 bits per heavy atom. The van der Waals surface area contributed by atoms with Crippen LogP contribution in [-0.4, -0.2) is 4.98 Å². The van der Waals surface area contributed by atoms with Crippen LogP contribution in [0.1, 0.15) is 5.01 Å². The fraction of sp³-hybridized carbons (Fsp3) is 0.250. The molecule has 1 rings (SSSR count). The van der Waals surface area contributed by atoms with Crippen molar-refractivity contribution in [3.63, 3.8) is 0 Å². The minimum absolute atomic E-state index is 0.600. The maximum absolute atomic E-state index is 4.75. The second-order valence-corrected chi connectivity index (χ2v) is 2.55. The van der Waals surface area contributed by atoms with Crippen LogP contribution in [0.25, 0.3) is 0 Å². The molecule has 44 valence electrons. The van der Waals surface area contributed by atoms with Gasteiger partial charge in [-0.1, -0.05) is 0 Å². The van der Waals surface area contributed by atoms with Crippen LogP contribution in [0.3, 0.4) is 0 Å². The first kappa shape index (κ1) is 6.14. The van der Waals surface area contributed by atoms with Crippen LogP contribution in [0.5, 0.6) is 0 Å². The zero-order valence-corrected chi connectivity index (χ0v) is 6.17. The third-order valence-electron chi connectivity index (χ3n) is 0.690. The van der Waals surface area contributed by atoms with E-state index < -0.39 is 0 Å². The highest BCUT2D eigenvalue weighted by molar-refractivity contribution is 7.10. The Hall–Kier alpha value is 0.0200. The van der Waals surface area contributed by atoms with Gasteiger partial charge < -0.3 is 4.52 Å². The summed E-state index contributed by atoms with van der Waals surface area (Å²) < 4.78 is 4.75. The summed E-state index contributed by atoms with van der Waals surface area (Å²) in [4.78, 5) is 3.99. The van der Waals surface area contributed by atoms with E-state index in [1.54, 1.807) is 17.5 Å². The van der Waals surface area contributed by atoms with Gasteiger partial charge in [0.1, 0.15) is 11.6 Å². The molecule has 0 aliphatic carbocycles. The van der Waals surface area contributed by atoms with Crippen molar-refractivity contribution in [3.05, 3.63) is 16.6 Å². The van der Waals surface area contributed by atoms with E-state index in [1.165, 1.54) is 0 Å². The summed E-state index contributed by atoms with van der Waals surface area (Å²) in [5.41, 5.74) is 0. The predicted molar refractivity (Wildman–Crippen MR) is 36.6 cm³/mol. The van der Waals surface area contributed by atoms with Crippen molar-refractivity contribution in [1.82, 2.24) is 4.98 Å². The van der Waals surface area contributed by atoms with E-state index >= 15 is 0 Å². The van der Waals surface area contributed by atoms with Crippen molar-refractivity contribution in [2.45, 2.75) is 6.61 Å². The first-order chi connectivity index (χ1) is 3.93. The molecule has 0 N–H and O–H groups in total. The van der Waals surface area contributed by atoms with Gasteiger partial charge >= 0.3 is 0 Å². The van der Waals surface area contributed by atoms with Crippen molar-refractivity contribution in [3.8, 4) is 0 Å². The zero-order valence-electron chi connectivity index (χ0n) is 4.20. The van der Waals surface area contributed by atoms with E-state index in [9.17, 15) is 0 Å². The van der Waals surface area contributed by atoms with E-state index in [1.807, 2.05) is 5.38 Å². The maximum atomic E-state index is 4.75. The Labute approximate surface area is 54.2 Å². The molecule has 0 aliphatic heterocycles. The number of nitrogens with zero attached hydrogens (tertiary/aromatic N) is 1. The fourth-order valence-electron chi connectivity index (χ4n) is 0.396. The molecule has 0 fully saturated rings. The van der Waals surface area contributed by atoms with E-state index in [4.69, 9.17) is 4.52 Å². The summed E-state index contributed by atoms with van der Waals surface area (Å²) in [6, 6.07) is 0. The lowest BCUT2D eigenvalue weighted by Crippen LogP contribution is -1.77. The fourth-order valence-corrected chi connectivity index (χ4v) is 1.21. The van der Waals surface area contributed by atoms with Gasteiger partial charge in [-0.05, 0) is 0 Å². The van der Waals surface area contributed by atoms with Crippen LogP contribution in [0.15, 0.2) is 11.6 Å². The standard InChI is InChI=1S/C4H6NOPS/c7-6-3-4-5-1-2-8-4/h1-2H,3,7H2. The average molecular weight is 147 g/mol. The smallest absolute Gasteiger partial charge is 0.119 e. The highest BCUT2D eigenvalue weighted by atomic mass is 32.1. The van der Waals surface area contributed by atoms with E-state index in [2.05, 4.69) is 14.5 Å². The molecule has 1 atom stereocenters. The Kier molecular flexibility index (Phi) is 2.40. The molecule has 8 heavy (non-hydrogen) atoms. The third kappa shape index (κ3) is 1.51. The molecule has 2 nitrogen and oxygen atoms in total. The lowest BCUT2D eigenvalue weighted by atomic mass is 10.8. The van der Waals surface area contributed by atoms with Gasteiger partial charge in [-0.15, -0.1) is 11.3 Å². The summed E-state index contributed by atoms with van der Waals surface area (Å²) in [6.07, 6.45) is 1.77. The number of rotatable bonds is 2. The molecule has 0 aliphatic rings. The summed E-state index contributed by atoms with van der Waals surface area (Å²) in [5, 5.41) is 2.94. The Morgan fingerprint density at radius 2 is 2.75 bits per heavy atom. The number of aromatic nitrogens is 1. The summed E-state index contributed by atoms with van der Waals surface area (Å²) in [6.45, 7) is 0.600. The summed E-state index contributed by atoms with van der Waals surface area (Å²) >= 11 is 1.60. The highest BCUT2D eigenvalue weighted by Crippen LogP contribution is 2.06. The largest absolute Gasteiger partial charge is 0.359 e. The molecular formula is C4H6NOPS. The van der Waals surface area contributed by atoms with Gasteiger partial charge in [-0.3, -0.25) is 0 Å². The molecule has 0 saturated heterocycles. The van der Waals surface area contributed by atoms with Crippen molar-refractivity contribution < 1.29 is 4.52 Å². The molecule has 1 heterocycles. The molecule has 1 unspecified atom stereocenters. The molecule has 0 amide bonds. The van der Waals surface area contributed by atoms with Gasteiger partial charge in [0.15, 0.2) is 0 Å². The van der Waals surface area contributed by atoms with Crippen LogP contribution in [0.4, 0.5) is 0 Å². The number of hydrogen-bond donors (Lipinski definition) is 0. The van der Waals surface area contributed by atoms with Crippen LogP contribution in [0, 0.1) is 0 Å². The second kappa shape index (κ2) is 3.13. The van der Waals surface area contributed by atoms with E-state index in [0.717, 1.165) is 5.01 Å². The van der Waals surface area contributed by atoms with Crippen LogP contribution in [-0.2, 0) is 11.1 Å². The molecule has 0 radical (unpaired) electrons. The van der Waals surface area contributed by atoms with Crippen molar-refractivity contribution in [2.75, 3.05) is 0 Å². The molecule has 0 bridgehead atoms. The van der Waals surface area contributed by atoms with Crippen molar-refractivity contribution in [1.29, 1.82) is 0 Å². The molecular weight excluding hydrogens is 141 g/mol. The molecule has 0 aromatic carbocycles. The van der Waals surface area contributed by atoms with E-state index in [0.29, 0.717) is 6.61 Å². The minimum atomic E-state index is 0.600. The molecule has 0 saturated carbocycles. The third-order valence-corrected chi connectivity index (χ3v) is 1.61. The van der Waals surface area contributed by atoms with Gasteiger partial charge in [0.05, 0.1) is 0 Å². The Balaban J connectivity index is 2.50. The van der Waals surface area contributed by atoms with E-state index in [-0.39, 0.29) is 0 Å². The van der Waals surface area contributed by atoms with Gasteiger partial charge in [0.2, 0.25) is 0 Å². The predicted octanol–water partition coefficient (Wildman–Crippen LogP) is 1.45. The molecule has 4 heteroatoms. The summed E-state index contributed by atoms with van der Waals surface area (Å²) in [7, 11) is 2.19. The van der Waals surface area contributed by atoms with Gasteiger partial charge in [0.25, 0.3) is 0 Å². The SMILES string of the molecule is POCc1nccs1. The molecule has 1 aromatic rings. The molecule has 1 aromatic heterocycles.